The monoisotopic (exact) mass is 339 g/mol. The molecule has 0 aliphatic heterocycles. The number of esters is 1. The molecule has 0 aliphatic rings. The number of nitrogens with zero attached hydrogens (tertiary/aromatic N) is 2. The highest BCUT2D eigenvalue weighted by Gasteiger charge is 2.27. The summed E-state index contributed by atoms with van der Waals surface area (Å²) >= 11 is 0. The summed E-state index contributed by atoms with van der Waals surface area (Å²) in [5, 5.41) is 24.1. The van der Waals surface area contributed by atoms with Crippen LogP contribution in [0, 0.1) is 26.1 Å². The maximum Gasteiger partial charge on any atom is 0.328 e. The molecule has 1 N–H and O–H groups in total. The Bertz CT molecular complexity index is 640. The Morgan fingerprint density at radius 3 is 2.00 bits per heavy atom. The first-order chi connectivity index (χ1) is 11.2. The number of non-ortho nitro benzene ring substituents is 2. The first-order valence-corrected chi connectivity index (χ1v) is 7.08. The molecule has 1 amide bonds. The van der Waals surface area contributed by atoms with Gasteiger partial charge in [-0.15, -0.1) is 0 Å². The van der Waals surface area contributed by atoms with Gasteiger partial charge in [-0.2, -0.15) is 0 Å². The molecule has 1 aromatic carbocycles. The molecule has 1 rings (SSSR count). The number of rotatable bonds is 7. The maximum atomic E-state index is 12.3. The molecule has 24 heavy (non-hydrogen) atoms. The van der Waals surface area contributed by atoms with Gasteiger partial charge < -0.3 is 10.1 Å². The molecule has 0 aliphatic carbocycles. The molecule has 0 aromatic heterocycles. The Hall–Kier alpha value is -3.04. The maximum absolute atomic E-state index is 12.3. The third-order valence-electron chi connectivity index (χ3n) is 3.08. The van der Waals surface area contributed by atoms with E-state index in [-0.39, 0.29) is 18.1 Å². The van der Waals surface area contributed by atoms with E-state index >= 15 is 0 Å². The van der Waals surface area contributed by atoms with Crippen LogP contribution in [0.1, 0.15) is 31.1 Å². The van der Waals surface area contributed by atoms with Crippen molar-refractivity contribution >= 4 is 23.3 Å². The lowest BCUT2D eigenvalue weighted by atomic mass is 10.0. The predicted octanol–water partition coefficient (Wildman–Crippen LogP) is 1.82. The van der Waals surface area contributed by atoms with Gasteiger partial charge in [0.05, 0.1) is 28.1 Å². The zero-order valence-electron chi connectivity index (χ0n) is 13.3. The van der Waals surface area contributed by atoms with Crippen LogP contribution in [-0.4, -0.2) is 34.4 Å². The number of nitrogens with one attached hydrogen (secondary N) is 1. The summed E-state index contributed by atoms with van der Waals surface area (Å²) in [5.74, 6) is -1.80. The minimum absolute atomic E-state index is 0.125. The molecule has 0 saturated heterocycles. The average Bonchev–Trinajstić information content (AvgIpc) is 2.51. The molecule has 10 heteroatoms. The molecule has 1 atom stereocenters. The van der Waals surface area contributed by atoms with Crippen LogP contribution in [0.2, 0.25) is 0 Å². The number of hydrogen-bond donors (Lipinski definition) is 1. The number of hydrogen-bond acceptors (Lipinski definition) is 7. The smallest absolute Gasteiger partial charge is 0.328 e. The van der Waals surface area contributed by atoms with Crippen molar-refractivity contribution in [1.29, 1.82) is 0 Å². The summed E-state index contributed by atoms with van der Waals surface area (Å²) in [6.07, 6.45) is 0. The van der Waals surface area contributed by atoms with Gasteiger partial charge >= 0.3 is 5.97 Å². The minimum Gasteiger partial charge on any atom is -0.464 e. The number of ether oxygens (including phenoxy) is 1. The molecule has 0 bridgehead atoms. The Labute approximate surface area is 137 Å². The molecule has 130 valence electrons. The number of carbonyl (C=O) groups is 2. The summed E-state index contributed by atoms with van der Waals surface area (Å²) in [7, 11) is 0. The normalized spacial score (nSPS) is 11.7. The average molecular weight is 339 g/mol. The molecule has 10 nitrogen and oxygen atoms in total. The highest BCUT2D eigenvalue weighted by molar-refractivity contribution is 5.98. The SMILES string of the molecule is CCOC(=O)[C@@H](NC(=O)c1cc([N+](=O)[O-])cc([N+](=O)[O-])c1)C(C)C. The topological polar surface area (TPSA) is 142 Å². The van der Waals surface area contributed by atoms with Crippen LogP contribution in [0.5, 0.6) is 0 Å². The first kappa shape index (κ1) is 19.0. The molecule has 0 saturated carbocycles. The van der Waals surface area contributed by atoms with Gasteiger partial charge in [0.15, 0.2) is 0 Å². The molecule has 1 aromatic rings. The van der Waals surface area contributed by atoms with Gasteiger partial charge in [0.1, 0.15) is 6.04 Å². The molecule has 0 fully saturated rings. The molecule has 0 unspecified atom stereocenters. The predicted molar refractivity (Wildman–Crippen MR) is 82.5 cm³/mol. The summed E-state index contributed by atoms with van der Waals surface area (Å²) in [6, 6.07) is 1.59. The molecular weight excluding hydrogens is 322 g/mol. The van der Waals surface area contributed by atoms with E-state index in [0.29, 0.717) is 0 Å². The molecule has 0 heterocycles. The Kier molecular flexibility index (Phi) is 6.33. The van der Waals surface area contributed by atoms with Gasteiger partial charge in [-0.25, -0.2) is 4.79 Å². The van der Waals surface area contributed by atoms with Crippen LogP contribution in [0.4, 0.5) is 11.4 Å². The Morgan fingerprint density at radius 2 is 1.62 bits per heavy atom. The fourth-order valence-electron chi connectivity index (χ4n) is 1.89. The highest BCUT2D eigenvalue weighted by atomic mass is 16.6. The Morgan fingerprint density at radius 1 is 1.12 bits per heavy atom. The van der Waals surface area contributed by atoms with E-state index in [9.17, 15) is 29.8 Å². The fraction of sp³-hybridized carbons (Fsp3) is 0.429. The fourth-order valence-corrected chi connectivity index (χ4v) is 1.89. The summed E-state index contributed by atoms with van der Waals surface area (Å²) < 4.78 is 4.86. The number of amides is 1. The van der Waals surface area contributed by atoms with E-state index in [1.807, 2.05) is 0 Å². The second-order valence-corrected chi connectivity index (χ2v) is 5.20. The van der Waals surface area contributed by atoms with E-state index in [0.717, 1.165) is 18.2 Å². The van der Waals surface area contributed by atoms with Crippen molar-refractivity contribution in [3.63, 3.8) is 0 Å². The second-order valence-electron chi connectivity index (χ2n) is 5.20. The van der Waals surface area contributed by atoms with Crippen LogP contribution in [-0.2, 0) is 9.53 Å². The van der Waals surface area contributed by atoms with Crippen molar-refractivity contribution in [2.75, 3.05) is 6.61 Å². The van der Waals surface area contributed by atoms with E-state index in [1.165, 1.54) is 0 Å². The van der Waals surface area contributed by atoms with Crippen molar-refractivity contribution in [2.45, 2.75) is 26.8 Å². The number of benzene rings is 1. The standard InChI is InChI=1S/C14H17N3O7/c1-4-24-14(19)12(8(2)3)15-13(18)9-5-10(16(20)21)7-11(6-9)17(22)23/h5-8,12H,4H2,1-3H3,(H,15,18)/t12-/m0/s1. The van der Waals surface area contributed by atoms with Crippen LogP contribution < -0.4 is 5.32 Å². The molecular formula is C14H17N3O7. The third-order valence-corrected chi connectivity index (χ3v) is 3.08. The lowest BCUT2D eigenvalue weighted by Crippen LogP contribution is -2.45. The van der Waals surface area contributed by atoms with Gasteiger partial charge in [-0.3, -0.25) is 25.0 Å². The van der Waals surface area contributed by atoms with E-state index in [2.05, 4.69) is 5.32 Å². The van der Waals surface area contributed by atoms with Gasteiger partial charge in [0, 0.05) is 12.1 Å². The van der Waals surface area contributed by atoms with E-state index in [4.69, 9.17) is 4.74 Å². The highest BCUT2D eigenvalue weighted by Crippen LogP contribution is 2.23. The van der Waals surface area contributed by atoms with Gasteiger partial charge in [0.25, 0.3) is 17.3 Å². The van der Waals surface area contributed by atoms with Gasteiger partial charge in [0.2, 0.25) is 0 Å². The van der Waals surface area contributed by atoms with Crippen molar-refractivity contribution in [2.24, 2.45) is 5.92 Å². The second kappa shape index (κ2) is 7.99. The summed E-state index contributed by atoms with van der Waals surface area (Å²) in [6.45, 7) is 5.09. The number of nitro groups is 2. The zero-order chi connectivity index (χ0) is 18.4. The van der Waals surface area contributed by atoms with Crippen LogP contribution in [0.3, 0.4) is 0 Å². The van der Waals surface area contributed by atoms with Crippen LogP contribution in [0.25, 0.3) is 0 Å². The quantitative estimate of drug-likeness (QED) is 0.453. The van der Waals surface area contributed by atoms with E-state index < -0.39 is 39.1 Å². The summed E-state index contributed by atoms with van der Waals surface area (Å²) in [5.41, 5.74) is -1.47. The van der Waals surface area contributed by atoms with Crippen molar-refractivity contribution in [3.05, 3.63) is 44.0 Å². The molecule has 0 radical (unpaired) electrons. The lowest BCUT2D eigenvalue weighted by molar-refractivity contribution is -0.394. The zero-order valence-corrected chi connectivity index (χ0v) is 13.3. The van der Waals surface area contributed by atoms with Gasteiger partial charge in [-0.05, 0) is 12.8 Å². The number of carbonyl (C=O) groups excluding carboxylic acids is 2. The Balaban J connectivity index is 3.15. The van der Waals surface area contributed by atoms with Gasteiger partial charge in [-0.1, -0.05) is 13.8 Å². The number of nitro benzene ring substituents is 2. The molecule has 0 spiro atoms. The van der Waals surface area contributed by atoms with Crippen molar-refractivity contribution < 1.29 is 24.2 Å². The summed E-state index contributed by atoms with van der Waals surface area (Å²) in [4.78, 5) is 44.1. The minimum atomic E-state index is -0.976. The lowest BCUT2D eigenvalue weighted by Gasteiger charge is -2.20. The van der Waals surface area contributed by atoms with Crippen molar-refractivity contribution in [1.82, 2.24) is 5.32 Å². The van der Waals surface area contributed by atoms with E-state index in [1.54, 1.807) is 20.8 Å². The first-order valence-electron chi connectivity index (χ1n) is 7.08. The van der Waals surface area contributed by atoms with Crippen LogP contribution >= 0.6 is 0 Å². The van der Waals surface area contributed by atoms with Crippen LogP contribution in [0.15, 0.2) is 18.2 Å². The largest absolute Gasteiger partial charge is 0.464 e. The van der Waals surface area contributed by atoms with Crippen molar-refractivity contribution in [3.8, 4) is 0 Å². The third kappa shape index (κ3) is 4.73.